The molecule has 7 heteroatoms. The van der Waals surface area contributed by atoms with Crippen LogP contribution in [0.2, 0.25) is 0 Å². The second-order valence-electron chi connectivity index (χ2n) is 7.59. The van der Waals surface area contributed by atoms with Crippen molar-refractivity contribution < 1.29 is 18.9 Å². The minimum Gasteiger partial charge on any atom is -0.337 e. The van der Waals surface area contributed by atoms with Crippen molar-refractivity contribution in [2.75, 3.05) is 19.6 Å². The summed E-state index contributed by atoms with van der Waals surface area (Å²) in [7, 11) is 0. The van der Waals surface area contributed by atoms with E-state index >= 15 is 0 Å². The van der Waals surface area contributed by atoms with Gasteiger partial charge in [0, 0.05) is 30.6 Å². The van der Waals surface area contributed by atoms with Crippen LogP contribution in [0, 0.1) is 11.6 Å². The van der Waals surface area contributed by atoms with E-state index in [1.54, 1.807) is 16.7 Å². The van der Waals surface area contributed by atoms with Crippen molar-refractivity contribution in [3.8, 4) is 0 Å². The van der Waals surface area contributed by atoms with E-state index in [-0.39, 0.29) is 24.4 Å². The number of hydrogen-bond acceptors (Lipinski definition) is 3. The molecule has 1 amide bonds. The fourth-order valence-corrected chi connectivity index (χ4v) is 4.97. The Labute approximate surface area is 172 Å². The first kappa shape index (κ1) is 19.9. The zero-order valence-corrected chi connectivity index (χ0v) is 17.1. The van der Waals surface area contributed by atoms with Crippen LogP contribution < -0.4 is 5.32 Å². The van der Waals surface area contributed by atoms with Crippen LogP contribution in [-0.4, -0.2) is 35.4 Å². The van der Waals surface area contributed by atoms with E-state index in [9.17, 15) is 13.6 Å². The molecular formula is C22H24F2N3OS+. The van der Waals surface area contributed by atoms with Crippen molar-refractivity contribution in [3.05, 3.63) is 64.7 Å². The molecule has 2 aromatic carbocycles. The van der Waals surface area contributed by atoms with Crippen LogP contribution in [0.5, 0.6) is 0 Å². The van der Waals surface area contributed by atoms with Crippen LogP contribution in [0.25, 0.3) is 10.2 Å². The fraction of sp³-hybridized carbons (Fsp3) is 0.364. The number of carbonyl (C=O) groups excluding carboxylic acids is 1. The van der Waals surface area contributed by atoms with Gasteiger partial charge in [0.2, 0.25) is 0 Å². The quantitative estimate of drug-likeness (QED) is 0.691. The first-order chi connectivity index (χ1) is 14.0. The van der Waals surface area contributed by atoms with E-state index in [1.807, 2.05) is 30.0 Å². The van der Waals surface area contributed by atoms with E-state index in [0.29, 0.717) is 12.1 Å². The molecule has 1 aromatic heterocycles. The number of carbonyl (C=O) groups is 1. The molecule has 0 bridgehead atoms. The molecule has 0 spiro atoms. The summed E-state index contributed by atoms with van der Waals surface area (Å²) in [6.45, 7) is 3.48. The highest BCUT2D eigenvalue weighted by Gasteiger charge is 2.28. The van der Waals surface area contributed by atoms with Crippen LogP contribution in [0.3, 0.4) is 0 Å². The molecule has 4 rings (SSSR count). The number of thiazole rings is 1. The first-order valence-corrected chi connectivity index (χ1v) is 10.7. The molecule has 2 heterocycles. The summed E-state index contributed by atoms with van der Waals surface area (Å²) in [5.41, 5.74) is 1.42. The number of aromatic nitrogens is 1. The summed E-state index contributed by atoms with van der Waals surface area (Å²) in [5, 5.41) is 2.90. The van der Waals surface area contributed by atoms with Gasteiger partial charge in [0.1, 0.15) is 17.7 Å². The van der Waals surface area contributed by atoms with E-state index < -0.39 is 11.6 Å². The van der Waals surface area contributed by atoms with Gasteiger partial charge in [-0.15, -0.1) is 11.3 Å². The third-order valence-corrected chi connectivity index (χ3v) is 6.73. The average Bonchev–Trinajstić information content (AvgIpc) is 3.16. The molecule has 0 radical (unpaired) electrons. The average molecular weight is 417 g/mol. The molecule has 152 valence electrons. The molecule has 29 heavy (non-hydrogen) atoms. The van der Waals surface area contributed by atoms with E-state index in [1.165, 1.54) is 16.8 Å². The van der Waals surface area contributed by atoms with E-state index in [2.05, 4.69) is 6.07 Å². The number of quaternary nitrogens is 1. The van der Waals surface area contributed by atoms with Crippen molar-refractivity contribution in [1.82, 2.24) is 9.88 Å². The third-order valence-electron chi connectivity index (χ3n) is 5.53. The Balaban J connectivity index is 1.37. The highest BCUT2D eigenvalue weighted by Crippen LogP contribution is 2.32. The molecule has 1 fully saturated rings. The SMILES string of the molecule is C[C@@H]([NH2+]CC(=O)N1CCC[C@@H](c2nc3ccccc3s2)C1)c1ccc(F)cc1F. The van der Waals surface area contributed by atoms with Crippen LogP contribution in [-0.2, 0) is 4.79 Å². The number of rotatable bonds is 5. The lowest BCUT2D eigenvalue weighted by Crippen LogP contribution is -2.87. The predicted molar refractivity (Wildman–Crippen MR) is 110 cm³/mol. The Bertz CT molecular complexity index is 989. The van der Waals surface area contributed by atoms with Crippen LogP contribution in [0.4, 0.5) is 8.78 Å². The van der Waals surface area contributed by atoms with Crippen molar-refractivity contribution >= 4 is 27.5 Å². The van der Waals surface area contributed by atoms with Gasteiger partial charge in [-0.1, -0.05) is 12.1 Å². The minimum absolute atomic E-state index is 0.0465. The van der Waals surface area contributed by atoms with Crippen molar-refractivity contribution in [1.29, 1.82) is 0 Å². The summed E-state index contributed by atoms with van der Waals surface area (Å²) in [4.78, 5) is 19.4. The van der Waals surface area contributed by atoms with Gasteiger partial charge in [0.25, 0.3) is 5.91 Å². The maximum atomic E-state index is 13.9. The highest BCUT2D eigenvalue weighted by atomic mass is 32.1. The Morgan fingerprint density at radius 1 is 1.31 bits per heavy atom. The first-order valence-electron chi connectivity index (χ1n) is 9.93. The maximum absolute atomic E-state index is 13.9. The van der Waals surface area contributed by atoms with Gasteiger partial charge in [0.05, 0.1) is 15.2 Å². The number of likely N-dealkylation sites (tertiary alicyclic amines) is 1. The standard InChI is InChI=1S/C22H23F2N3OS/c1-14(17-9-8-16(23)11-18(17)24)25-12-21(28)27-10-4-5-15(13-27)22-26-19-6-2-3-7-20(19)29-22/h2-3,6-9,11,14-15,25H,4-5,10,12-13H2,1H3/p+1/t14-,15-/m1/s1. The largest absolute Gasteiger partial charge is 0.337 e. The molecule has 2 N–H and O–H groups in total. The Morgan fingerprint density at radius 2 is 2.14 bits per heavy atom. The fourth-order valence-electron chi connectivity index (χ4n) is 3.87. The number of benzene rings is 2. The number of halogens is 2. The Hall–Kier alpha value is -2.38. The normalized spacial score (nSPS) is 18.2. The zero-order valence-electron chi connectivity index (χ0n) is 16.3. The number of nitrogens with two attached hydrogens (primary N) is 1. The molecule has 0 unspecified atom stereocenters. The molecule has 0 saturated carbocycles. The molecule has 2 atom stereocenters. The van der Waals surface area contributed by atoms with Gasteiger partial charge in [-0.05, 0) is 44.0 Å². The van der Waals surface area contributed by atoms with Gasteiger partial charge in [-0.25, -0.2) is 13.8 Å². The number of piperidine rings is 1. The smallest absolute Gasteiger partial charge is 0.277 e. The Kier molecular flexibility index (Phi) is 5.87. The number of para-hydroxylation sites is 1. The second-order valence-corrected chi connectivity index (χ2v) is 8.66. The molecule has 0 aliphatic carbocycles. The molecule has 1 aliphatic heterocycles. The second kappa shape index (κ2) is 8.55. The van der Waals surface area contributed by atoms with Crippen LogP contribution in [0.15, 0.2) is 42.5 Å². The molecule has 1 saturated heterocycles. The molecule has 1 aliphatic rings. The lowest BCUT2D eigenvalue weighted by molar-refractivity contribution is -0.683. The lowest BCUT2D eigenvalue weighted by atomic mass is 9.98. The van der Waals surface area contributed by atoms with Crippen LogP contribution >= 0.6 is 11.3 Å². The number of hydrogen-bond donors (Lipinski definition) is 1. The third kappa shape index (κ3) is 4.46. The summed E-state index contributed by atoms with van der Waals surface area (Å²) in [6, 6.07) is 11.4. The van der Waals surface area contributed by atoms with Crippen LogP contribution in [0.1, 0.15) is 42.3 Å². The molecule has 3 aromatic rings. The predicted octanol–water partition coefficient (Wildman–Crippen LogP) is 3.61. The van der Waals surface area contributed by atoms with Gasteiger partial charge in [-0.2, -0.15) is 0 Å². The number of nitrogens with zero attached hydrogens (tertiary/aromatic N) is 2. The van der Waals surface area contributed by atoms with Crippen molar-refractivity contribution in [3.63, 3.8) is 0 Å². The monoisotopic (exact) mass is 416 g/mol. The van der Waals surface area contributed by atoms with Crippen molar-refractivity contribution in [2.24, 2.45) is 0 Å². The van der Waals surface area contributed by atoms with Gasteiger partial charge >= 0.3 is 0 Å². The minimum atomic E-state index is -0.594. The highest BCUT2D eigenvalue weighted by molar-refractivity contribution is 7.18. The Morgan fingerprint density at radius 3 is 2.93 bits per heavy atom. The van der Waals surface area contributed by atoms with Gasteiger partial charge in [-0.3, -0.25) is 4.79 Å². The maximum Gasteiger partial charge on any atom is 0.277 e. The van der Waals surface area contributed by atoms with Gasteiger partial charge in [0.15, 0.2) is 6.54 Å². The summed E-state index contributed by atoms with van der Waals surface area (Å²) in [5.74, 6) is -0.860. The zero-order chi connectivity index (χ0) is 20.4. The molecular weight excluding hydrogens is 392 g/mol. The topological polar surface area (TPSA) is 49.8 Å². The van der Waals surface area contributed by atoms with Gasteiger partial charge < -0.3 is 10.2 Å². The summed E-state index contributed by atoms with van der Waals surface area (Å²) >= 11 is 1.71. The summed E-state index contributed by atoms with van der Waals surface area (Å²) < 4.78 is 28.2. The molecule has 4 nitrogen and oxygen atoms in total. The summed E-state index contributed by atoms with van der Waals surface area (Å²) in [6.07, 6.45) is 1.99. The van der Waals surface area contributed by atoms with E-state index in [0.717, 1.165) is 36.0 Å². The van der Waals surface area contributed by atoms with Crippen molar-refractivity contribution in [2.45, 2.75) is 31.7 Å². The number of fused-ring (bicyclic) bond motifs is 1. The number of amides is 1. The lowest BCUT2D eigenvalue weighted by Gasteiger charge is -2.31. The van der Waals surface area contributed by atoms with E-state index in [4.69, 9.17) is 4.98 Å².